The van der Waals surface area contributed by atoms with Crippen LogP contribution in [0.15, 0.2) is 22.7 Å². The number of hydrogen-bond acceptors (Lipinski definition) is 2. The van der Waals surface area contributed by atoms with E-state index in [9.17, 15) is 4.79 Å². The Kier molecular flexibility index (Phi) is 4.43. The Morgan fingerprint density at radius 3 is 2.94 bits per heavy atom. The number of carbonyl (C=O) groups excluding carboxylic acids is 1. The zero-order chi connectivity index (χ0) is 12.4. The first kappa shape index (κ1) is 13.3. The Labute approximate surface area is 123 Å². The van der Waals surface area contributed by atoms with Crippen LogP contribution in [0.4, 0.5) is 0 Å². The van der Waals surface area contributed by atoms with Gasteiger partial charge in [0.1, 0.15) is 0 Å². The summed E-state index contributed by atoms with van der Waals surface area (Å²) in [6.07, 6.45) is 0.124. The largest absolute Gasteiger partial charge is 0.375 e. The van der Waals surface area contributed by atoms with Crippen LogP contribution in [0.1, 0.15) is 17.3 Å². The number of ether oxygens (including phenoxy) is 1. The van der Waals surface area contributed by atoms with Crippen LogP contribution in [0.3, 0.4) is 0 Å². The number of benzene rings is 1. The quantitative estimate of drug-likeness (QED) is 0.667. The van der Waals surface area contributed by atoms with Crippen LogP contribution in [-0.4, -0.2) is 36.6 Å². The van der Waals surface area contributed by atoms with Crippen LogP contribution in [0.5, 0.6) is 0 Å². The first-order valence-electron chi connectivity index (χ1n) is 5.43. The molecule has 0 aromatic heterocycles. The second kappa shape index (κ2) is 5.67. The summed E-state index contributed by atoms with van der Waals surface area (Å²) in [5, 5.41) is 0. The van der Waals surface area contributed by atoms with Gasteiger partial charge in [-0.1, -0.05) is 15.9 Å². The van der Waals surface area contributed by atoms with E-state index in [-0.39, 0.29) is 12.0 Å². The third-order valence-corrected chi connectivity index (χ3v) is 3.72. The molecule has 0 aliphatic carbocycles. The van der Waals surface area contributed by atoms with Crippen molar-refractivity contribution in [2.45, 2.75) is 13.0 Å². The molecule has 1 aromatic rings. The normalized spacial score (nSPS) is 20.4. The average Bonchev–Trinajstić information content (AvgIpc) is 2.26. The van der Waals surface area contributed by atoms with Gasteiger partial charge in [-0.05, 0) is 47.7 Å². The fraction of sp³-hybridized carbons (Fsp3) is 0.417. The lowest BCUT2D eigenvalue weighted by Crippen LogP contribution is -2.44. The molecule has 1 fully saturated rings. The van der Waals surface area contributed by atoms with E-state index in [1.54, 1.807) is 0 Å². The average molecular weight is 410 g/mol. The maximum Gasteiger partial charge on any atom is 0.254 e. The first-order chi connectivity index (χ1) is 8.06. The molecule has 0 bridgehead atoms. The van der Waals surface area contributed by atoms with Gasteiger partial charge in [-0.3, -0.25) is 4.79 Å². The van der Waals surface area contributed by atoms with Crippen molar-refractivity contribution >= 4 is 44.4 Å². The van der Waals surface area contributed by atoms with Gasteiger partial charge in [0.15, 0.2) is 0 Å². The maximum atomic E-state index is 12.3. The highest BCUT2D eigenvalue weighted by atomic mass is 127. The van der Waals surface area contributed by atoms with Crippen molar-refractivity contribution in [3.8, 4) is 0 Å². The molecule has 0 N–H and O–H groups in total. The lowest BCUT2D eigenvalue weighted by Gasteiger charge is -2.31. The van der Waals surface area contributed by atoms with Crippen molar-refractivity contribution in [2.24, 2.45) is 0 Å². The Morgan fingerprint density at radius 2 is 2.29 bits per heavy atom. The number of halogens is 2. The number of carbonyl (C=O) groups is 1. The number of hydrogen-bond donors (Lipinski definition) is 0. The SMILES string of the molecule is C[C@H]1CN(C(=O)c2cc(Br)cc(I)c2)CCO1. The summed E-state index contributed by atoms with van der Waals surface area (Å²) in [7, 11) is 0. The van der Waals surface area contributed by atoms with E-state index >= 15 is 0 Å². The molecule has 1 heterocycles. The molecule has 1 aliphatic rings. The molecule has 2 rings (SSSR count). The van der Waals surface area contributed by atoms with Crippen molar-refractivity contribution in [2.75, 3.05) is 19.7 Å². The summed E-state index contributed by atoms with van der Waals surface area (Å²) in [5.41, 5.74) is 0.734. The van der Waals surface area contributed by atoms with E-state index in [2.05, 4.69) is 38.5 Å². The van der Waals surface area contributed by atoms with Gasteiger partial charge in [0.2, 0.25) is 0 Å². The van der Waals surface area contributed by atoms with Gasteiger partial charge in [0.25, 0.3) is 5.91 Å². The summed E-state index contributed by atoms with van der Waals surface area (Å²) >= 11 is 5.63. The molecule has 3 nitrogen and oxygen atoms in total. The number of morpholine rings is 1. The van der Waals surface area contributed by atoms with Crippen molar-refractivity contribution in [3.63, 3.8) is 0 Å². The van der Waals surface area contributed by atoms with Crippen molar-refractivity contribution in [1.82, 2.24) is 4.90 Å². The highest BCUT2D eigenvalue weighted by molar-refractivity contribution is 14.1. The van der Waals surface area contributed by atoms with E-state index in [0.29, 0.717) is 19.7 Å². The Hall–Kier alpha value is -0.140. The van der Waals surface area contributed by atoms with Crippen LogP contribution in [0.25, 0.3) is 0 Å². The van der Waals surface area contributed by atoms with Crippen LogP contribution in [-0.2, 0) is 4.74 Å². The van der Waals surface area contributed by atoms with Crippen LogP contribution < -0.4 is 0 Å². The maximum absolute atomic E-state index is 12.3. The van der Waals surface area contributed by atoms with Crippen LogP contribution >= 0.6 is 38.5 Å². The lowest BCUT2D eigenvalue weighted by atomic mass is 10.2. The fourth-order valence-corrected chi connectivity index (χ4v) is 3.45. The molecule has 1 atom stereocenters. The number of nitrogens with zero attached hydrogens (tertiary/aromatic N) is 1. The summed E-state index contributed by atoms with van der Waals surface area (Å²) in [5.74, 6) is 0.0827. The summed E-state index contributed by atoms with van der Waals surface area (Å²) in [4.78, 5) is 14.1. The molecule has 0 unspecified atom stereocenters. The lowest BCUT2D eigenvalue weighted by molar-refractivity contribution is -0.0124. The summed E-state index contributed by atoms with van der Waals surface area (Å²) in [6.45, 7) is 3.95. The van der Waals surface area contributed by atoms with Crippen LogP contribution in [0, 0.1) is 3.57 Å². The van der Waals surface area contributed by atoms with Gasteiger partial charge in [0, 0.05) is 26.7 Å². The van der Waals surface area contributed by atoms with Gasteiger partial charge in [0.05, 0.1) is 12.7 Å². The molecule has 1 aliphatic heterocycles. The Balaban J connectivity index is 2.18. The summed E-state index contributed by atoms with van der Waals surface area (Å²) in [6, 6.07) is 5.76. The first-order valence-corrected chi connectivity index (χ1v) is 7.30. The molecule has 0 saturated carbocycles. The number of amides is 1. The molecule has 1 amide bonds. The van der Waals surface area contributed by atoms with Crippen LogP contribution in [0.2, 0.25) is 0 Å². The minimum Gasteiger partial charge on any atom is -0.375 e. The van der Waals surface area contributed by atoms with Gasteiger partial charge in [-0.15, -0.1) is 0 Å². The van der Waals surface area contributed by atoms with E-state index in [1.807, 2.05) is 30.0 Å². The van der Waals surface area contributed by atoms with Gasteiger partial charge in [-0.2, -0.15) is 0 Å². The highest BCUT2D eigenvalue weighted by Crippen LogP contribution is 2.19. The molecule has 92 valence electrons. The minimum absolute atomic E-state index is 0.0827. The third kappa shape index (κ3) is 3.42. The molecular weight excluding hydrogens is 397 g/mol. The standard InChI is InChI=1S/C12H13BrINO2/c1-8-7-15(2-3-17-8)12(16)9-4-10(13)6-11(14)5-9/h4-6,8H,2-3,7H2,1H3/t8-/m0/s1. The molecule has 17 heavy (non-hydrogen) atoms. The zero-order valence-corrected chi connectivity index (χ0v) is 13.2. The predicted octanol–water partition coefficient (Wildman–Crippen LogP) is 2.91. The van der Waals surface area contributed by atoms with E-state index < -0.39 is 0 Å². The zero-order valence-electron chi connectivity index (χ0n) is 9.45. The van der Waals surface area contributed by atoms with Crippen molar-refractivity contribution < 1.29 is 9.53 Å². The second-order valence-electron chi connectivity index (χ2n) is 4.09. The molecule has 0 radical (unpaired) electrons. The predicted molar refractivity (Wildman–Crippen MR) is 78.2 cm³/mol. The molecule has 0 spiro atoms. The van der Waals surface area contributed by atoms with Crippen molar-refractivity contribution in [3.05, 3.63) is 31.8 Å². The third-order valence-electron chi connectivity index (χ3n) is 2.64. The topological polar surface area (TPSA) is 29.5 Å². The molecular formula is C12H13BrINO2. The van der Waals surface area contributed by atoms with E-state index in [1.165, 1.54) is 0 Å². The fourth-order valence-electron chi connectivity index (χ4n) is 1.86. The highest BCUT2D eigenvalue weighted by Gasteiger charge is 2.22. The number of rotatable bonds is 1. The van der Waals surface area contributed by atoms with E-state index in [0.717, 1.165) is 13.6 Å². The van der Waals surface area contributed by atoms with Gasteiger partial charge >= 0.3 is 0 Å². The van der Waals surface area contributed by atoms with Gasteiger partial charge < -0.3 is 9.64 Å². The monoisotopic (exact) mass is 409 g/mol. The minimum atomic E-state index is 0.0827. The molecule has 1 aromatic carbocycles. The Morgan fingerprint density at radius 1 is 1.53 bits per heavy atom. The second-order valence-corrected chi connectivity index (χ2v) is 6.25. The van der Waals surface area contributed by atoms with Crippen molar-refractivity contribution in [1.29, 1.82) is 0 Å². The van der Waals surface area contributed by atoms with E-state index in [4.69, 9.17) is 4.74 Å². The molecule has 1 saturated heterocycles. The smallest absolute Gasteiger partial charge is 0.254 e. The molecule has 5 heteroatoms. The summed E-state index contributed by atoms with van der Waals surface area (Å²) < 4.78 is 7.43. The van der Waals surface area contributed by atoms with Gasteiger partial charge in [-0.25, -0.2) is 0 Å². The Bertz CT molecular complexity index is 418.